The van der Waals surface area contributed by atoms with Gasteiger partial charge in [0.25, 0.3) is 0 Å². The van der Waals surface area contributed by atoms with Crippen LogP contribution >= 0.6 is 0 Å². The molecule has 0 aromatic heterocycles. The van der Waals surface area contributed by atoms with E-state index in [-0.39, 0.29) is 11.8 Å². The number of nitrogens with one attached hydrogen (secondary N) is 3. The first-order valence-corrected chi connectivity index (χ1v) is 9.58. The van der Waals surface area contributed by atoms with E-state index in [1.807, 2.05) is 20.8 Å². The Hall–Kier alpha value is -2.69. The number of carbonyl (C=O) groups is 5. The molecular weight excluding hydrogens is 382 g/mol. The molecule has 0 bridgehead atoms. The Balaban J connectivity index is 5.37. The molecule has 0 aliphatic heterocycles. The summed E-state index contributed by atoms with van der Waals surface area (Å²) in [5, 5.41) is 15.7. The highest BCUT2D eigenvalue weighted by Gasteiger charge is 2.32. The molecule has 29 heavy (non-hydrogen) atoms. The number of rotatable bonds is 13. The molecule has 11 nitrogen and oxygen atoms in total. The molecule has 4 amide bonds. The molecule has 0 aliphatic rings. The van der Waals surface area contributed by atoms with Crippen molar-refractivity contribution in [2.45, 2.75) is 65.1 Å². The summed E-state index contributed by atoms with van der Waals surface area (Å²) >= 11 is 0. The maximum absolute atomic E-state index is 12.8. The minimum Gasteiger partial charge on any atom is -0.480 e. The number of nitrogens with two attached hydrogens (primary N) is 2. The molecule has 0 saturated heterocycles. The number of carbonyl (C=O) groups excluding carboxylic acids is 4. The van der Waals surface area contributed by atoms with Crippen LogP contribution in [0.2, 0.25) is 0 Å². The van der Waals surface area contributed by atoms with Crippen molar-refractivity contribution in [2.24, 2.45) is 23.3 Å². The van der Waals surface area contributed by atoms with Crippen LogP contribution in [0.3, 0.4) is 0 Å². The van der Waals surface area contributed by atoms with E-state index in [9.17, 15) is 24.0 Å². The lowest BCUT2D eigenvalue weighted by atomic mass is 9.95. The second-order valence-corrected chi connectivity index (χ2v) is 7.13. The van der Waals surface area contributed by atoms with Crippen LogP contribution in [0.25, 0.3) is 0 Å². The zero-order valence-corrected chi connectivity index (χ0v) is 17.4. The summed E-state index contributed by atoms with van der Waals surface area (Å²) in [5.74, 6) is -4.60. The summed E-state index contributed by atoms with van der Waals surface area (Å²) in [7, 11) is 0. The maximum Gasteiger partial charge on any atom is 0.322 e. The van der Waals surface area contributed by atoms with Gasteiger partial charge in [0.15, 0.2) is 0 Å². The fourth-order valence-electron chi connectivity index (χ4n) is 2.42. The first-order valence-electron chi connectivity index (χ1n) is 9.58. The Morgan fingerprint density at radius 1 is 0.897 bits per heavy atom. The third kappa shape index (κ3) is 9.37. The van der Waals surface area contributed by atoms with Gasteiger partial charge in [0, 0.05) is 0 Å². The van der Waals surface area contributed by atoms with Gasteiger partial charge < -0.3 is 32.5 Å². The molecule has 8 N–H and O–H groups in total. The molecule has 0 aromatic carbocycles. The second kappa shape index (κ2) is 12.7. The molecule has 166 valence electrons. The van der Waals surface area contributed by atoms with Crippen LogP contribution in [0.15, 0.2) is 0 Å². The minimum atomic E-state index is -1.37. The summed E-state index contributed by atoms with van der Waals surface area (Å²) in [6.45, 7) is 6.59. The lowest BCUT2D eigenvalue weighted by Gasteiger charge is -2.28. The van der Waals surface area contributed by atoms with E-state index in [0.717, 1.165) is 0 Å². The molecular formula is C18H33N5O6. The molecule has 0 aromatic rings. The molecule has 0 rings (SSSR count). The minimum absolute atomic E-state index is 0.0972. The summed E-state index contributed by atoms with van der Waals surface area (Å²) in [4.78, 5) is 59.2. The number of hydrogen-bond donors (Lipinski definition) is 6. The molecule has 11 heteroatoms. The number of carboxylic acids is 1. The lowest BCUT2D eigenvalue weighted by molar-refractivity contribution is -0.139. The highest BCUT2D eigenvalue weighted by Crippen LogP contribution is 2.11. The Morgan fingerprint density at radius 2 is 1.45 bits per heavy atom. The summed E-state index contributed by atoms with van der Waals surface area (Å²) in [5.41, 5.74) is 11.0. The fraction of sp³-hybridized carbons (Fsp3) is 0.722. The summed E-state index contributed by atoms with van der Waals surface area (Å²) in [6.07, 6.45) is 0.701. The first-order chi connectivity index (χ1) is 13.4. The number of primary amides is 1. The van der Waals surface area contributed by atoms with Crippen LogP contribution in [0.5, 0.6) is 0 Å². The zero-order chi connectivity index (χ0) is 22.7. The monoisotopic (exact) mass is 415 g/mol. The maximum atomic E-state index is 12.8. The van der Waals surface area contributed by atoms with Crippen molar-refractivity contribution < 1.29 is 29.1 Å². The summed E-state index contributed by atoms with van der Waals surface area (Å²) < 4.78 is 0. The van der Waals surface area contributed by atoms with Gasteiger partial charge in [-0.2, -0.15) is 0 Å². The normalized spacial score (nSPS) is 15.9. The zero-order valence-electron chi connectivity index (χ0n) is 17.4. The van der Waals surface area contributed by atoms with E-state index in [4.69, 9.17) is 16.6 Å². The van der Waals surface area contributed by atoms with Crippen molar-refractivity contribution in [1.82, 2.24) is 16.0 Å². The number of carboxylic acid groups (broad SMARTS) is 1. The van der Waals surface area contributed by atoms with E-state index in [1.54, 1.807) is 6.92 Å². The molecule has 0 fully saturated rings. The number of amides is 4. The molecule has 0 saturated carbocycles. The van der Waals surface area contributed by atoms with E-state index >= 15 is 0 Å². The van der Waals surface area contributed by atoms with Crippen molar-refractivity contribution in [3.8, 4) is 0 Å². The van der Waals surface area contributed by atoms with Crippen molar-refractivity contribution in [3.05, 3.63) is 0 Å². The van der Waals surface area contributed by atoms with Gasteiger partial charge in [-0.3, -0.25) is 24.0 Å². The van der Waals surface area contributed by atoms with Crippen molar-refractivity contribution in [2.75, 3.05) is 6.54 Å². The van der Waals surface area contributed by atoms with Crippen LogP contribution in [-0.4, -0.2) is 59.4 Å². The lowest BCUT2D eigenvalue weighted by Crippen LogP contribution is -2.59. The number of aliphatic carboxylic acids is 1. The van der Waals surface area contributed by atoms with Crippen LogP contribution in [0.1, 0.15) is 47.0 Å². The standard InChI is InChI=1S/C18H33N5O6/c1-5-9(3)14(20)17(28)23-15(10(4)6-2)18(29)22-11(7-12(19)24)16(27)21-8-13(25)26/h9-11,14-15H,5-8,20H2,1-4H3,(H2,19,24)(H,21,27)(H,22,29)(H,23,28)(H,25,26). The second-order valence-electron chi connectivity index (χ2n) is 7.13. The fourth-order valence-corrected chi connectivity index (χ4v) is 2.42. The van der Waals surface area contributed by atoms with Crippen LogP contribution in [-0.2, 0) is 24.0 Å². The highest BCUT2D eigenvalue weighted by atomic mass is 16.4. The van der Waals surface area contributed by atoms with Gasteiger partial charge in [-0.05, 0) is 11.8 Å². The molecule has 0 radical (unpaired) electrons. The van der Waals surface area contributed by atoms with E-state index in [0.29, 0.717) is 12.8 Å². The van der Waals surface area contributed by atoms with E-state index < -0.39 is 60.7 Å². The van der Waals surface area contributed by atoms with E-state index in [2.05, 4.69) is 16.0 Å². The van der Waals surface area contributed by atoms with Crippen molar-refractivity contribution >= 4 is 29.6 Å². The van der Waals surface area contributed by atoms with Gasteiger partial charge in [0.1, 0.15) is 18.6 Å². The molecule has 0 aliphatic carbocycles. The van der Waals surface area contributed by atoms with Gasteiger partial charge in [-0.1, -0.05) is 40.5 Å². The molecule has 5 unspecified atom stereocenters. The summed E-state index contributed by atoms with van der Waals surface area (Å²) in [6, 6.07) is -3.17. The van der Waals surface area contributed by atoms with Gasteiger partial charge in [0.05, 0.1) is 12.5 Å². The van der Waals surface area contributed by atoms with Crippen LogP contribution in [0, 0.1) is 11.8 Å². The Kier molecular flexibility index (Phi) is 11.5. The largest absolute Gasteiger partial charge is 0.480 e. The molecule has 5 atom stereocenters. The predicted molar refractivity (Wildman–Crippen MR) is 105 cm³/mol. The van der Waals surface area contributed by atoms with Gasteiger partial charge in [-0.25, -0.2) is 0 Å². The smallest absolute Gasteiger partial charge is 0.322 e. The third-order valence-electron chi connectivity index (χ3n) is 4.81. The molecule has 0 spiro atoms. The quantitative estimate of drug-likeness (QED) is 0.209. The van der Waals surface area contributed by atoms with Crippen molar-refractivity contribution in [3.63, 3.8) is 0 Å². The van der Waals surface area contributed by atoms with Gasteiger partial charge in [-0.15, -0.1) is 0 Å². The van der Waals surface area contributed by atoms with Crippen LogP contribution < -0.4 is 27.4 Å². The third-order valence-corrected chi connectivity index (χ3v) is 4.81. The Bertz CT molecular complexity index is 612. The van der Waals surface area contributed by atoms with Gasteiger partial charge >= 0.3 is 5.97 Å². The average Bonchev–Trinajstić information content (AvgIpc) is 2.66. The van der Waals surface area contributed by atoms with Gasteiger partial charge in [0.2, 0.25) is 23.6 Å². The first kappa shape index (κ1) is 26.3. The highest BCUT2D eigenvalue weighted by molar-refractivity contribution is 5.95. The predicted octanol–water partition coefficient (Wildman–Crippen LogP) is -1.55. The van der Waals surface area contributed by atoms with Crippen LogP contribution in [0.4, 0.5) is 0 Å². The number of hydrogen-bond acceptors (Lipinski definition) is 6. The molecule has 0 heterocycles. The van der Waals surface area contributed by atoms with E-state index in [1.165, 1.54) is 0 Å². The Morgan fingerprint density at radius 3 is 1.90 bits per heavy atom. The average molecular weight is 415 g/mol. The van der Waals surface area contributed by atoms with Crippen molar-refractivity contribution in [1.29, 1.82) is 0 Å². The SMILES string of the molecule is CCC(C)C(N)C(=O)NC(C(=O)NC(CC(N)=O)C(=O)NCC(=O)O)C(C)CC. The topological polar surface area (TPSA) is 194 Å². The Labute approximate surface area is 170 Å².